The molecule has 0 saturated carbocycles. The quantitative estimate of drug-likeness (QED) is 0.125. The van der Waals surface area contributed by atoms with E-state index in [1.165, 1.54) is 0 Å². The standard InChI is InChI=1S/Co.Cu.Mn.Ni.5H2O4S.Zn/c;;;;5*1-5(2,3)4;/h;;;;5*(H2,1,2,3,4);/q4*+2;;;;;;+2/p-10. The summed E-state index contributed by atoms with van der Waals surface area (Å²) in [7, 11) is -25.8. The molecule has 0 saturated heterocycles. The minimum Gasteiger partial charge on any atom is -0.759 e. The van der Waals surface area contributed by atoms with Crippen molar-refractivity contribution in [3.8, 4) is 0 Å². The molecule has 0 fully saturated rings. The molecule has 0 aliphatic carbocycles. The average Bonchev–Trinajstić information content (AvgIpc) is 1.79. The second kappa shape index (κ2) is 27.3. The second-order valence-electron chi connectivity index (χ2n) is 2.04. The van der Waals surface area contributed by atoms with Crippen molar-refractivity contribution >= 4 is 52.0 Å². The maximum atomic E-state index is 8.52. The molecule has 0 spiro atoms. The molecule has 0 aromatic heterocycles. The molecule has 30 heavy (non-hydrogen) atoms. The van der Waals surface area contributed by atoms with E-state index in [1.807, 2.05) is 0 Å². The summed E-state index contributed by atoms with van der Waals surface area (Å²) in [6.07, 6.45) is 0. The molecular formula is CoCuMnNiO20S5Zn. The second-order valence-corrected chi connectivity index (χ2v) is 6.12. The van der Waals surface area contributed by atoms with Gasteiger partial charge in [-0.25, -0.2) is 0 Å². The van der Waals surface area contributed by atoms with Crippen molar-refractivity contribution in [2.75, 3.05) is 0 Å². The van der Waals surface area contributed by atoms with Gasteiger partial charge in [0.15, 0.2) is 0 Å². The molecule has 0 heterocycles. The van der Waals surface area contributed by atoms with Gasteiger partial charge in [0.2, 0.25) is 0 Å². The van der Waals surface area contributed by atoms with Crippen molar-refractivity contribution in [2.24, 2.45) is 0 Å². The van der Waals surface area contributed by atoms with Gasteiger partial charge >= 0.3 is 86.9 Å². The van der Waals surface area contributed by atoms with Gasteiger partial charge in [-0.1, -0.05) is 0 Å². The van der Waals surface area contributed by atoms with Crippen LogP contribution in [0.25, 0.3) is 0 Å². The zero-order valence-electron chi connectivity index (χ0n) is 12.2. The van der Waals surface area contributed by atoms with Gasteiger partial charge in [-0.2, -0.15) is 0 Å². The fraction of sp³-hybridized carbons (Fsp3) is 0. The van der Waals surface area contributed by atoms with Crippen LogP contribution in [0.1, 0.15) is 0 Å². The van der Waals surface area contributed by atoms with Crippen molar-refractivity contribution in [3.05, 3.63) is 0 Å². The van der Waals surface area contributed by atoms with Crippen LogP contribution in [0.5, 0.6) is 0 Å². The SMILES string of the molecule is O=S(=O)([O-])[O-].O=S(=O)([O-])[O-].O=S(=O)([O-])[O-].O=S(=O)([O-])[O-].O=S(=O)([O-])[O-].[Co+2].[Cu+2].[Mn+2].[Ni+2].[Zn+2]. The fourth-order valence-electron chi connectivity index (χ4n) is 0. The van der Waals surface area contributed by atoms with Crippen LogP contribution >= 0.6 is 0 Å². The van der Waals surface area contributed by atoms with Gasteiger partial charge in [-0.05, 0) is 0 Å². The Bertz CT molecular complexity index is 639. The number of hydrogen-bond acceptors (Lipinski definition) is 20. The van der Waals surface area contributed by atoms with E-state index in [0.29, 0.717) is 0 Å². The molecule has 0 aliphatic heterocycles. The smallest absolute Gasteiger partial charge is 0.759 e. The monoisotopic (exact) mass is 778 g/mol. The largest absolute Gasteiger partial charge is 2.00 e. The average molecular weight is 782 g/mol. The third kappa shape index (κ3) is 6240. The van der Waals surface area contributed by atoms with Crippen LogP contribution in [0, 0.1) is 0 Å². The maximum Gasteiger partial charge on any atom is 2.00 e. The molecular weight excluding hydrogens is 782 g/mol. The number of hydrogen-bond donors (Lipinski definition) is 0. The van der Waals surface area contributed by atoms with Gasteiger partial charge in [-0.3, -0.25) is 42.1 Å². The third-order valence-electron chi connectivity index (χ3n) is 0. The molecule has 20 nitrogen and oxygen atoms in total. The normalized spacial score (nSPS) is 9.67. The molecule has 0 rings (SSSR count). The van der Waals surface area contributed by atoms with Gasteiger partial charge in [0.1, 0.15) is 0 Å². The summed E-state index contributed by atoms with van der Waals surface area (Å²) in [4.78, 5) is 0. The molecule has 189 valence electrons. The van der Waals surface area contributed by atoms with Crippen molar-refractivity contribution in [3.63, 3.8) is 0 Å². The van der Waals surface area contributed by atoms with E-state index in [0.717, 1.165) is 0 Å². The molecule has 0 amide bonds. The van der Waals surface area contributed by atoms with Crippen molar-refractivity contribution in [1.82, 2.24) is 0 Å². The zero-order chi connectivity index (χ0) is 22.5. The van der Waals surface area contributed by atoms with Crippen LogP contribution in [0.4, 0.5) is 0 Å². The fourth-order valence-corrected chi connectivity index (χ4v) is 0. The van der Waals surface area contributed by atoms with Crippen LogP contribution in [-0.4, -0.2) is 87.6 Å². The first-order valence-electron chi connectivity index (χ1n) is 3.33. The van der Waals surface area contributed by atoms with Gasteiger partial charge in [0, 0.05) is 52.0 Å². The molecule has 30 heteroatoms. The van der Waals surface area contributed by atoms with E-state index in [1.54, 1.807) is 0 Å². The summed E-state index contributed by atoms with van der Waals surface area (Å²) >= 11 is 0. The molecule has 0 bridgehead atoms. The summed E-state index contributed by atoms with van der Waals surface area (Å²) in [6.45, 7) is 0. The Balaban J connectivity index is -0.0000000200. The molecule has 3 radical (unpaired) electrons. The minimum absolute atomic E-state index is 0. The maximum absolute atomic E-state index is 8.52. The van der Waals surface area contributed by atoms with Crippen molar-refractivity contribution in [2.45, 2.75) is 0 Å². The Labute approximate surface area is 224 Å². The summed E-state index contributed by atoms with van der Waals surface area (Å²) in [5.41, 5.74) is 0. The van der Waals surface area contributed by atoms with E-state index in [-0.39, 0.29) is 86.9 Å². The Morgan fingerprint density at radius 2 is 0.367 bits per heavy atom. The molecule has 0 N–H and O–H groups in total. The molecule has 0 aliphatic rings. The summed E-state index contributed by atoms with van der Waals surface area (Å²) in [5.74, 6) is 0. The van der Waals surface area contributed by atoms with Gasteiger partial charge in [0.05, 0.1) is 0 Å². The first kappa shape index (κ1) is 63.5. The Kier molecular flexibility index (Phi) is 57.7. The van der Waals surface area contributed by atoms with Crippen LogP contribution in [0.3, 0.4) is 0 Å². The Morgan fingerprint density at radius 3 is 0.367 bits per heavy atom. The van der Waals surface area contributed by atoms with Crippen LogP contribution in [0.2, 0.25) is 0 Å². The summed E-state index contributed by atoms with van der Waals surface area (Å²) in [6, 6.07) is 0. The predicted octanol–water partition coefficient (Wildman–Crippen LogP) is -6.70. The third-order valence-corrected chi connectivity index (χ3v) is 0. The summed E-state index contributed by atoms with van der Waals surface area (Å²) in [5, 5.41) is 0. The first-order valence-corrected chi connectivity index (χ1v) is 10.0. The molecule has 0 unspecified atom stereocenters. The van der Waals surface area contributed by atoms with E-state index in [9.17, 15) is 0 Å². The first-order chi connectivity index (χ1) is 10.0. The van der Waals surface area contributed by atoms with Crippen molar-refractivity contribution in [1.29, 1.82) is 0 Å². The van der Waals surface area contributed by atoms with Crippen LogP contribution < -0.4 is 0 Å². The van der Waals surface area contributed by atoms with E-state index in [2.05, 4.69) is 0 Å². The Hall–Kier alpha value is 2.01. The molecule has 0 aromatic carbocycles. The summed E-state index contributed by atoms with van der Waals surface area (Å²) < 4.78 is 170. The van der Waals surface area contributed by atoms with E-state index < -0.39 is 52.0 Å². The molecule has 0 atom stereocenters. The number of rotatable bonds is 0. The predicted molar refractivity (Wildman–Crippen MR) is 52.4 cm³/mol. The zero-order valence-corrected chi connectivity index (χ0v) is 23.4. The van der Waals surface area contributed by atoms with Crippen molar-refractivity contribution < 1.29 is 175 Å². The van der Waals surface area contributed by atoms with E-state index in [4.69, 9.17) is 87.6 Å². The molecule has 0 aromatic rings. The Morgan fingerprint density at radius 1 is 0.367 bits per heavy atom. The topological polar surface area (TPSA) is 401 Å². The van der Waals surface area contributed by atoms with E-state index >= 15 is 0 Å². The van der Waals surface area contributed by atoms with Gasteiger partial charge < -0.3 is 45.5 Å². The van der Waals surface area contributed by atoms with Gasteiger partial charge in [-0.15, -0.1) is 0 Å². The van der Waals surface area contributed by atoms with Crippen LogP contribution in [-0.2, 0) is 139 Å². The minimum atomic E-state index is -5.17. The van der Waals surface area contributed by atoms with Crippen LogP contribution in [0.15, 0.2) is 0 Å². The van der Waals surface area contributed by atoms with Gasteiger partial charge in [0.25, 0.3) is 0 Å².